The highest BCUT2D eigenvalue weighted by atomic mass is 19.1. The lowest BCUT2D eigenvalue weighted by atomic mass is 9.98. The van der Waals surface area contributed by atoms with Crippen molar-refractivity contribution in [1.29, 1.82) is 5.26 Å². The minimum atomic E-state index is -0.669. The largest absolute Gasteiger partial charge is 0.493 e. The molecule has 0 aliphatic carbocycles. The topological polar surface area (TPSA) is 144 Å². The highest BCUT2D eigenvalue weighted by molar-refractivity contribution is 5.92. The van der Waals surface area contributed by atoms with Gasteiger partial charge in [0.2, 0.25) is 11.9 Å². The zero-order valence-electron chi connectivity index (χ0n) is 21.0. The molecule has 37 heavy (non-hydrogen) atoms. The van der Waals surface area contributed by atoms with Crippen molar-refractivity contribution < 1.29 is 18.7 Å². The molecule has 1 aromatic heterocycles. The van der Waals surface area contributed by atoms with Gasteiger partial charge in [0, 0.05) is 38.0 Å². The van der Waals surface area contributed by atoms with Crippen LogP contribution in [0, 0.1) is 17.1 Å². The lowest BCUT2D eigenvalue weighted by Gasteiger charge is -2.35. The maximum absolute atomic E-state index is 15.1. The number of carbonyl (C=O) groups excluding carboxylic acids is 1. The molecule has 194 valence electrons. The number of halogens is 1. The number of nitrogen functional groups attached to an aromatic ring is 1. The van der Waals surface area contributed by atoms with Crippen molar-refractivity contribution in [2.75, 3.05) is 57.6 Å². The van der Waals surface area contributed by atoms with Crippen LogP contribution in [0.25, 0.3) is 10.9 Å². The highest BCUT2D eigenvalue weighted by Crippen LogP contribution is 2.37. The molecule has 2 heterocycles. The molecule has 0 unspecified atom stereocenters. The number of carbonyl (C=O) groups is 1. The van der Waals surface area contributed by atoms with E-state index in [2.05, 4.69) is 16.0 Å². The fourth-order valence-corrected chi connectivity index (χ4v) is 4.56. The molecule has 10 nitrogen and oxygen atoms in total. The van der Waals surface area contributed by atoms with Crippen molar-refractivity contribution in [3.63, 3.8) is 0 Å². The second-order valence-corrected chi connectivity index (χ2v) is 8.73. The van der Waals surface area contributed by atoms with E-state index >= 15 is 4.39 Å². The zero-order valence-corrected chi connectivity index (χ0v) is 21.0. The minimum absolute atomic E-state index is 0.0459. The molecular formula is C26H30FN7O3. The fourth-order valence-electron chi connectivity index (χ4n) is 4.56. The third-order valence-corrected chi connectivity index (χ3v) is 6.57. The van der Waals surface area contributed by atoms with Crippen LogP contribution in [0.1, 0.15) is 23.1 Å². The third-order valence-electron chi connectivity index (χ3n) is 6.57. The number of fused-ring (bicyclic) bond motifs is 1. The summed E-state index contributed by atoms with van der Waals surface area (Å²) < 4.78 is 25.5. The van der Waals surface area contributed by atoms with Crippen molar-refractivity contribution in [2.24, 2.45) is 5.73 Å². The Kier molecular flexibility index (Phi) is 7.89. The molecule has 0 spiro atoms. The van der Waals surface area contributed by atoms with E-state index in [1.807, 2.05) is 21.9 Å². The summed E-state index contributed by atoms with van der Waals surface area (Å²) in [6, 6.07) is 9.21. The second kappa shape index (κ2) is 11.3. The van der Waals surface area contributed by atoms with Gasteiger partial charge in [-0.1, -0.05) is 6.07 Å². The number of rotatable bonds is 8. The van der Waals surface area contributed by atoms with Crippen LogP contribution in [-0.4, -0.2) is 67.7 Å². The molecule has 0 radical (unpaired) electrons. The number of piperazine rings is 1. The van der Waals surface area contributed by atoms with E-state index in [4.69, 9.17) is 26.2 Å². The monoisotopic (exact) mass is 507 g/mol. The highest BCUT2D eigenvalue weighted by Gasteiger charge is 2.25. The molecule has 2 aromatic carbocycles. The molecule has 4 N–H and O–H groups in total. The predicted octanol–water partition coefficient (Wildman–Crippen LogP) is 2.02. The summed E-state index contributed by atoms with van der Waals surface area (Å²) >= 11 is 0. The maximum Gasteiger partial charge on any atom is 0.228 e. The first-order valence-corrected chi connectivity index (χ1v) is 12.0. The van der Waals surface area contributed by atoms with Gasteiger partial charge in [-0.25, -0.2) is 9.37 Å². The Morgan fingerprint density at radius 3 is 2.51 bits per heavy atom. The van der Waals surface area contributed by atoms with Gasteiger partial charge in [0.15, 0.2) is 17.3 Å². The van der Waals surface area contributed by atoms with Gasteiger partial charge in [-0.15, -0.1) is 0 Å². The molecular weight excluding hydrogens is 477 g/mol. The molecule has 1 fully saturated rings. The second-order valence-electron chi connectivity index (χ2n) is 8.73. The smallest absolute Gasteiger partial charge is 0.228 e. The van der Waals surface area contributed by atoms with Crippen LogP contribution in [0.3, 0.4) is 0 Å². The Morgan fingerprint density at radius 2 is 1.86 bits per heavy atom. The van der Waals surface area contributed by atoms with E-state index in [1.54, 1.807) is 12.1 Å². The van der Waals surface area contributed by atoms with Crippen LogP contribution in [-0.2, 0) is 17.6 Å². The van der Waals surface area contributed by atoms with E-state index in [0.717, 1.165) is 11.1 Å². The van der Waals surface area contributed by atoms with Gasteiger partial charge >= 0.3 is 0 Å². The molecule has 1 aliphatic heterocycles. The number of hydrogen-bond donors (Lipinski definition) is 2. The zero-order chi connectivity index (χ0) is 26.5. The summed E-state index contributed by atoms with van der Waals surface area (Å²) in [5, 5.41) is 9.49. The Bertz CT molecular complexity index is 1350. The summed E-state index contributed by atoms with van der Waals surface area (Å²) in [4.78, 5) is 25.4. The lowest BCUT2D eigenvalue weighted by Crippen LogP contribution is -2.49. The van der Waals surface area contributed by atoms with Crippen LogP contribution >= 0.6 is 0 Å². The van der Waals surface area contributed by atoms with Crippen molar-refractivity contribution in [1.82, 2.24) is 14.9 Å². The maximum atomic E-state index is 15.1. The number of benzene rings is 2. The summed E-state index contributed by atoms with van der Waals surface area (Å²) in [7, 11) is 2.77. The average molecular weight is 508 g/mol. The Balaban J connectivity index is 1.43. The summed E-state index contributed by atoms with van der Waals surface area (Å²) in [6.07, 6.45) is 1.59. The summed E-state index contributed by atoms with van der Waals surface area (Å²) in [6.45, 7) is 2.42. The number of nitrogens with two attached hydrogens (primary N) is 2. The first-order chi connectivity index (χ1) is 17.9. The number of aryl methyl sites for hydroxylation is 1. The number of amides is 1. The number of aromatic nitrogens is 2. The third kappa shape index (κ3) is 5.34. The van der Waals surface area contributed by atoms with Gasteiger partial charge in [-0.05, 0) is 48.7 Å². The van der Waals surface area contributed by atoms with Gasteiger partial charge in [-0.3, -0.25) is 4.79 Å². The Hall–Kier alpha value is -4.17. The van der Waals surface area contributed by atoms with Crippen molar-refractivity contribution in [3.05, 3.63) is 46.8 Å². The quantitative estimate of drug-likeness (QED) is 0.468. The number of anilines is 2. The molecule has 0 atom stereocenters. The van der Waals surface area contributed by atoms with E-state index < -0.39 is 5.82 Å². The predicted molar refractivity (Wildman–Crippen MR) is 138 cm³/mol. The molecule has 0 saturated carbocycles. The SMILES string of the molecule is COc1cc2c(N)nc(N3CCN(C(=O)CCc4ccc(C#N)cc4CCN)CC3)nc2c(F)c1OC. The van der Waals surface area contributed by atoms with Gasteiger partial charge in [0.25, 0.3) is 0 Å². The first kappa shape index (κ1) is 25.9. The van der Waals surface area contributed by atoms with Crippen LogP contribution in [0.2, 0.25) is 0 Å². The molecule has 3 aromatic rings. The summed E-state index contributed by atoms with van der Waals surface area (Å²) in [5.74, 6) is -0.0335. The van der Waals surface area contributed by atoms with Crippen molar-refractivity contribution in [3.8, 4) is 17.6 Å². The lowest BCUT2D eigenvalue weighted by molar-refractivity contribution is -0.131. The van der Waals surface area contributed by atoms with Crippen molar-refractivity contribution in [2.45, 2.75) is 19.3 Å². The van der Waals surface area contributed by atoms with Gasteiger partial charge in [0.1, 0.15) is 11.3 Å². The van der Waals surface area contributed by atoms with Gasteiger partial charge < -0.3 is 30.7 Å². The number of nitrogens with zero attached hydrogens (tertiary/aromatic N) is 5. The summed E-state index contributed by atoms with van der Waals surface area (Å²) in [5.41, 5.74) is 14.5. The van der Waals surface area contributed by atoms with E-state index in [0.29, 0.717) is 68.9 Å². The number of nitriles is 1. The number of methoxy groups -OCH3 is 2. The van der Waals surface area contributed by atoms with Crippen LogP contribution in [0.5, 0.6) is 11.5 Å². The molecule has 1 saturated heterocycles. The van der Waals surface area contributed by atoms with Crippen molar-refractivity contribution >= 4 is 28.6 Å². The Labute approximate surface area is 214 Å². The average Bonchev–Trinajstić information content (AvgIpc) is 2.92. The van der Waals surface area contributed by atoms with E-state index in [9.17, 15) is 4.79 Å². The minimum Gasteiger partial charge on any atom is -0.493 e. The van der Waals surface area contributed by atoms with Crippen LogP contribution < -0.4 is 25.8 Å². The molecule has 4 rings (SSSR count). The number of hydrogen-bond acceptors (Lipinski definition) is 9. The van der Waals surface area contributed by atoms with Gasteiger partial charge in [-0.2, -0.15) is 10.2 Å². The first-order valence-electron chi connectivity index (χ1n) is 12.0. The van der Waals surface area contributed by atoms with E-state index in [-0.39, 0.29) is 28.7 Å². The fraction of sp³-hybridized carbons (Fsp3) is 0.385. The molecule has 1 aliphatic rings. The molecule has 0 bridgehead atoms. The van der Waals surface area contributed by atoms with E-state index in [1.165, 1.54) is 14.2 Å². The van der Waals surface area contributed by atoms with Crippen LogP contribution in [0.15, 0.2) is 24.3 Å². The molecule has 11 heteroatoms. The normalized spacial score (nSPS) is 13.5. The van der Waals surface area contributed by atoms with Gasteiger partial charge in [0.05, 0.1) is 25.9 Å². The number of ether oxygens (including phenoxy) is 2. The Morgan fingerprint density at radius 1 is 1.11 bits per heavy atom. The standard InChI is InChI=1S/C26H30FN7O3/c1-36-20-14-19-23(22(27)24(20)37-2)31-26(32-25(19)30)34-11-9-33(10-12-34)21(35)6-5-17-4-3-16(15-29)13-18(17)7-8-28/h3-4,13-14H,5-12,28H2,1-2H3,(H2,30,31,32). The molecule has 1 amide bonds. The van der Waals surface area contributed by atoms with Crippen LogP contribution in [0.4, 0.5) is 16.2 Å².